The zero-order valence-corrected chi connectivity index (χ0v) is 15.7. The summed E-state index contributed by atoms with van der Waals surface area (Å²) in [5.41, 5.74) is 2.16. The molecule has 0 aliphatic carbocycles. The lowest BCUT2D eigenvalue weighted by atomic mass is 10.2. The van der Waals surface area contributed by atoms with Gasteiger partial charge in [-0.15, -0.1) is 0 Å². The average Bonchev–Trinajstić information content (AvgIpc) is 2.68. The molecule has 140 valence electrons. The van der Waals surface area contributed by atoms with Crippen LogP contribution in [0.3, 0.4) is 0 Å². The van der Waals surface area contributed by atoms with Crippen molar-refractivity contribution in [2.75, 3.05) is 36.8 Å². The predicted octanol–water partition coefficient (Wildman–Crippen LogP) is 1.82. The van der Waals surface area contributed by atoms with E-state index in [0.717, 1.165) is 5.69 Å². The number of rotatable bonds is 5. The zero-order valence-electron chi connectivity index (χ0n) is 14.9. The van der Waals surface area contributed by atoms with Crippen molar-refractivity contribution < 1.29 is 13.2 Å². The summed E-state index contributed by atoms with van der Waals surface area (Å²) in [6.07, 6.45) is 0. The molecule has 2 aromatic rings. The van der Waals surface area contributed by atoms with E-state index in [1.807, 2.05) is 36.4 Å². The summed E-state index contributed by atoms with van der Waals surface area (Å²) in [6.45, 7) is 2.40. The van der Waals surface area contributed by atoms with Gasteiger partial charge in [0.25, 0.3) is 0 Å². The molecule has 0 aromatic heterocycles. The summed E-state index contributed by atoms with van der Waals surface area (Å²) >= 11 is 0. The van der Waals surface area contributed by atoms with Crippen LogP contribution in [0.4, 0.5) is 5.69 Å². The number of benzene rings is 2. The van der Waals surface area contributed by atoms with Gasteiger partial charge in [-0.3, -0.25) is 4.79 Å². The molecule has 1 aliphatic heterocycles. The van der Waals surface area contributed by atoms with E-state index in [0.29, 0.717) is 37.3 Å². The highest BCUT2D eigenvalue weighted by molar-refractivity contribution is 7.91. The Balaban J connectivity index is 1.54. The first-order chi connectivity index (χ1) is 13.0. The van der Waals surface area contributed by atoms with Gasteiger partial charge in [-0.1, -0.05) is 30.3 Å². The number of amides is 1. The molecular formula is C20H21N3O3S. The number of sulfone groups is 1. The maximum absolute atomic E-state index is 12.4. The Kier molecular flexibility index (Phi) is 5.77. The minimum absolute atomic E-state index is 0.200. The van der Waals surface area contributed by atoms with Crippen molar-refractivity contribution in [3.63, 3.8) is 0 Å². The number of para-hydroxylation sites is 1. The Hall–Kier alpha value is -2.85. The quantitative estimate of drug-likeness (QED) is 0.787. The van der Waals surface area contributed by atoms with Crippen LogP contribution in [0.15, 0.2) is 54.6 Å². The summed E-state index contributed by atoms with van der Waals surface area (Å²) in [5, 5.41) is 8.79. The molecule has 1 fully saturated rings. The van der Waals surface area contributed by atoms with Crippen molar-refractivity contribution >= 4 is 21.4 Å². The largest absolute Gasteiger partial charge is 0.368 e. The molecule has 0 atom stereocenters. The molecule has 0 unspecified atom stereocenters. The third-order valence-electron chi connectivity index (χ3n) is 4.57. The van der Waals surface area contributed by atoms with Crippen molar-refractivity contribution in [2.24, 2.45) is 0 Å². The van der Waals surface area contributed by atoms with Crippen molar-refractivity contribution in [3.8, 4) is 6.07 Å². The number of hydrogen-bond donors (Lipinski definition) is 0. The Morgan fingerprint density at radius 1 is 0.963 bits per heavy atom. The average molecular weight is 383 g/mol. The van der Waals surface area contributed by atoms with Crippen LogP contribution in [-0.4, -0.2) is 51.2 Å². The Morgan fingerprint density at radius 2 is 1.59 bits per heavy atom. The molecule has 1 saturated heterocycles. The molecule has 7 heteroatoms. The third kappa shape index (κ3) is 5.08. The molecule has 0 saturated carbocycles. The van der Waals surface area contributed by atoms with Gasteiger partial charge in [-0.25, -0.2) is 8.42 Å². The normalized spacial score (nSPS) is 14.6. The van der Waals surface area contributed by atoms with Crippen LogP contribution in [0.5, 0.6) is 0 Å². The fraction of sp³-hybridized carbons (Fsp3) is 0.300. The summed E-state index contributed by atoms with van der Waals surface area (Å²) < 4.78 is 24.7. The highest BCUT2D eigenvalue weighted by Gasteiger charge is 2.25. The van der Waals surface area contributed by atoms with Gasteiger partial charge in [0, 0.05) is 31.9 Å². The Morgan fingerprint density at radius 3 is 2.19 bits per heavy atom. The minimum atomic E-state index is -3.56. The van der Waals surface area contributed by atoms with E-state index in [4.69, 9.17) is 5.26 Å². The highest BCUT2D eigenvalue weighted by atomic mass is 32.2. The summed E-state index contributed by atoms with van der Waals surface area (Å²) in [6, 6.07) is 18.3. The van der Waals surface area contributed by atoms with Crippen LogP contribution in [0.25, 0.3) is 0 Å². The molecule has 0 spiro atoms. The number of nitriles is 1. The van der Waals surface area contributed by atoms with E-state index >= 15 is 0 Å². The van der Waals surface area contributed by atoms with Crippen molar-refractivity contribution in [1.82, 2.24) is 4.90 Å². The van der Waals surface area contributed by atoms with Crippen molar-refractivity contribution in [2.45, 2.75) is 5.75 Å². The molecule has 0 radical (unpaired) electrons. The van der Waals surface area contributed by atoms with Crippen LogP contribution < -0.4 is 4.90 Å². The molecule has 0 bridgehead atoms. The number of piperazine rings is 1. The second-order valence-electron chi connectivity index (χ2n) is 6.54. The maximum Gasteiger partial charge on any atom is 0.237 e. The van der Waals surface area contributed by atoms with Gasteiger partial charge >= 0.3 is 0 Å². The minimum Gasteiger partial charge on any atom is -0.368 e. The first-order valence-electron chi connectivity index (χ1n) is 8.74. The number of anilines is 1. The standard InChI is InChI=1S/C20H21N3O3S/c21-14-17-6-8-18(9-7-17)15-27(25,26)16-20(24)23-12-10-22(11-13-23)19-4-2-1-3-5-19/h1-9H,10-13,15-16H2. The zero-order chi connectivity index (χ0) is 19.3. The Labute approximate surface area is 159 Å². The summed E-state index contributed by atoms with van der Waals surface area (Å²) in [5.74, 6) is -1.04. The summed E-state index contributed by atoms with van der Waals surface area (Å²) in [4.78, 5) is 16.2. The van der Waals surface area contributed by atoms with Crippen LogP contribution in [0.1, 0.15) is 11.1 Å². The molecule has 1 heterocycles. The van der Waals surface area contributed by atoms with Gasteiger partial charge in [-0.2, -0.15) is 5.26 Å². The molecule has 2 aromatic carbocycles. The van der Waals surface area contributed by atoms with Crippen molar-refractivity contribution in [1.29, 1.82) is 5.26 Å². The van der Waals surface area contributed by atoms with E-state index in [2.05, 4.69) is 4.90 Å². The van der Waals surface area contributed by atoms with E-state index in [9.17, 15) is 13.2 Å². The number of carbonyl (C=O) groups is 1. The lowest BCUT2D eigenvalue weighted by molar-refractivity contribution is -0.128. The van der Waals surface area contributed by atoms with E-state index in [1.54, 1.807) is 29.2 Å². The van der Waals surface area contributed by atoms with Gasteiger partial charge < -0.3 is 9.80 Å². The number of hydrogen-bond acceptors (Lipinski definition) is 5. The van der Waals surface area contributed by atoms with Gasteiger partial charge in [-0.05, 0) is 29.8 Å². The van der Waals surface area contributed by atoms with Crippen LogP contribution in [-0.2, 0) is 20.4 Å². The van der Waals surface area contributed by atoms with Gasteiger partial charge in [0.05, 0.1) is 17.4 Å². The molecular weight excluding hydrogens is 362 g/mol. The van der Waals surface area contributed by atoms with Gasteiger partial charge in [0.1, 0.15) is 5.75 Å². The van der Waals surface area contributed by atoms with Gasteiger partial charge in [0.2, 0.25) is 5.91 Å². The van der Waals surface area contributed by atoms with E-state index in [-0.39, 0.29) is 11.7 Å². The number of carbonyl (C=O) groups excluding carboxylic acids is 1. The number of nitrogens with zero attached hydrogens (tertiary/aromatic N) is 3. The molecule has 1 amide bonds. The second-order valence-corrected chi connectivity index (χ2v) is 8.61. The second kappa shape index (κ2) is 8.23. The highest BCUT2D eigenvalue weighted by Crippen LogP contribution is 2.16. The van der Waals surface area contributed by atoms with E-state index < -0.39 is 15.6 Å². The monoisotopic (exact) mass is 383 g/mol. The Bertz CT molecular complexity index is 927. The smallest absolute Gasteiger partial charge is 0.237 e. The topological polar surface area (TPSA) is 81.5 Å². The van der Waals surface area contributed by atoms with Crippen LogP contribution >= 0.6 is 0 Å². The molecule has 27 heavy (non-hydrogen) atoms. The lowest BCUT2D eigenvalue weighted by Crippen LogP contribution is -2.50. The summed E-state index contributed by atoms with van der Waals surface area (Å²) in [7, 11) is -3.56. The van der Waals surface area contributed by atoms with Crippen LogP contribution in [0, 0.1) is 11.3 Å². The fourth-order valence-corrected chi connectivity index (χ4v) is 4.47. The fourth-order valence-electron chi connectivity index (χ4n) is 3.11. The van der Waals surface area contributed by atoms with E-state index in [1.165, 1.54) is 0 Å². The maximum atomic E-state index is 12.4. The van der Waals surface area contributed by atoms with Gasteiger partial charge in [0.15, 0.2) is 9.84 Å². The first kappa shape index (κ1) is 18.9. The third-order valence-corrected chi connectivity index (χ3v) is 6.03. The predicted molar refractivity (Wildman–Crippen MR) is 104 cm³/mol. The molecule has 1 aliphatic rings. The molecule has 6 nitrogen and oxygen atoms in total. The SMILES string of the molecule is N#Cc1ccc(CS(=O)(=O)CC(=O)N2CCN(c3ccccc3)CC2)cc1. The molecule has 3 rings (SSSR count). The molecule has 0 N–H and O–H groups in total. The lowest BCUT2D eigenvalue weighted by Gasteiger charge is -2.36. The first-order valence-corrected chi connectivity index (χ1v) is 10.6. The van der Waals surface area contributed by atoms with Crippen molar-refractivity contribution in [3.05, 3.63) is 65.7 Å². The van der Waals surface area contributed by atoms with Crippen LogP contribution in [0.2, 0.25) is 0 Å².